The number of quaternary nitrogens is 2. The summed E-state index contributed by atoms with van der Waals surface area (Å²) in [5, 5.41) is 0. The van der Waals surface area contributed by atoms with E-state index in [1.54, 1.807) is 0 Å². The largest absolute Gasteiger partial charge is 0.521 e. The molecule has 0 heterocycles. The van der Waals surface area contributed by atoms with E-state index in [4.69, 9.17) is 0 Å². The molecular weight excluding hydrogens is 156 g/mol. The molecule has 0 aromatic heterocycles. The molecule has 0 bridgehead atoms. The molecule has 10 heavy (non-hydrogen) atoms. The normalized spacial score (nSPS) is 16.9. The van der Waals surface area contributed by atoms with Crippen LogP contribution in [0.5, 0.6) is 0 Å². The van der Waals surface area contributed by atoms with Crippen LogP contribution in [0.1, 0.15) is 0 Å². The summed E-state index contributed by atoms with van der Waals surface area (Å²) >= 11 is 0. The van der Waals surface area contributed by atoms with E-state index < -0.39 is 17.4 Å². The number of rotatable bonds is 4. The lowest BCUT2D eigenvalue weighted by molar-refractivity contribution is -0.592. The van der Waals surface area contributed by atoms with Crippen molar-refractivity contribution in [1.29, 1.82) is 0 Å². The first-order valence-electron chi connectivity index (χ1n) is 3.84. The van der Waals surface area contributed by atoms with Gasteiger partial charge in [0.15, 0.2) is 0 Å². The first-order valence-corrected chi connectivity index (χ1v) is 9.55. The highest BCUT2D eigenvalue weighted by molar-refractivity contribution is 6.71. The molecule has 0 aliphatic heterocycles. The molecule has 4 heteroatoms. The minimum absolute atomic E-state index is 0.497. The molecule has 0 aliphatic carbocycles. The molecule has 0 aromatic rings. The van der Waals surface area contributed by atoms with E-state index in [9.17, 15) is 0 Å². The summed E-state index contributed by atoms with van der Waals surface area (Å²) in [7, 11) is 0.473. The summed E-state index contributed by atoms with van der Waals surface area (Å²) in [6.45, 7) is 10.9. The van der Waals surface area contributed by atoms with Gasteiger partial charge in [0.05, 0.1) is 7.05 Å². The second-order valence-corrected chi connectivity index (χ2v) is 10.8. The highest BCUT2D eigenvalue weighted by Crippen LogP contribution is 1.76. The Bertz CT molecular complexity index is 116. The third-order valence-electron chi connectivity index (χ3n) is 1.75. The Balaban J connectivity index is 3.92. The Morgan fingerprint density at radius 2 is 2.00 bits per heavy atom. The van der Waals surface area contributed by atoms with Crippen LogP contribution in [0.2, 0.25) is 19.6 Å². The summed E-state index contributed by atoms with van der Waals surface area (Å²) in [4.78, 5) is 2.34. The van der Waals surface area contributed by atoms with E-state index in [2.05, 4.69) is 48.6 Å². The lowest BCUT2D eigenvalue weighted by Crippen LogP contribution is -3.23. The summed E-state index contributed by atoms with van der Waals surface area (Å²) in [6.07, 6.45) is 0. The maximum absolute atomic E-state index is 3.88. The van der Waals surface area contributed by atoms with Crippen LogP contribution in [0.4, 0.5) is 0 Å². The minimum Gasteiger partial charge on any atom is -0.418 e. The van der Waals surface area contributed by atoms with Crippen LogP contribution in [0.3, 0.4) is 0 Å². The van der Waals surface area contributed by atoms with Crippen molar-refractivity contribution in [2.45, 2.75) is 19.6 Å². The third-order valence-corrected chi connectivity index (χ3v) is 9.42. The van der Waals surface area contributed by atoms with E-state index in [-0.39, 0.29) is 0 Å². The maximum Gasteiger partial charge on any atom is 0.521 e. The molecule has 60 valence electrons. The SMILES string of the molecule is C=C[Si](C)([NH2+]C)[NH2+][SiH](C)C. The van der Waals surface area contributed by atoms with Gasteiger partial charge in [-0.25, -0.2) is 0 Å². The highest BCUT2D eigenvalue weighted by atomic mass is 28.4. The van der Waals surface area contributed by atoms with Gasteiger partial charge in [0.1, 0.15) is 0 Å². The van der Waals surface area contributed by atoms with E-state index in [1.165, 1.54) is 0 Å². The van der Waals surface area contributed by atoms with Crippen molar-refractivity contribution < 1.29 is 9.63 Å². The topological polar surface area (TPSA) is 33.2 Å². The smallest absolute Gasteiger partial charge is 0.418 e. The van der Waals surface area contributed by atoms with E-state index >= 15 is 0 Å². The van der Waals surface area contributed by atoms with Crippen molar-refractivity contribution >= 4 is 17.4 Å². The molecule has 0 amide bonds. The molecule has 0 saturated carbocycles. The summed E-state index contributed by atoms with van der Waals surface area (Å²) in [6, 6.07) is 0. The van der Waals surface area contributed by atoms with E-state index in [0.29, 0.717) is 0 Å². The van der Waals surface area contributed by atoms with Gasteiger partial charge in [-0.1, -0.05) is 6.58 Å². The number of hydrogen-bond donors (Lipinski definition) is 2. The second-order valence-electron chi connectivity index (χ2n) is 3.27. The van der Waals surface area contributed by atoms with Crippen LogP contribution < -0.4 is 9.63 Å². The Kier molecular flexibility index (Phi) is 4.11. The fourth-order valence-corrected chi connectivity index (χ4v) is 8.30. The molecule has 0 saturated heterocycles. The van der Waals surface area contributed by atoms with E-state index in [1.807, 2.05) is 0 Å². The average Bonchev–Trinajstić information content (AvgIpc) is 1.87. The van der Waals surface area contributed by atoms with E-state index in [0.717, 1.165) is 0 Å². The number of hydrogen-bond acceptors (Lipinski definition) is 0. The molecule has 0 aliphatic rings. The minimum atomic E-state index is -1.18. The van der Waals surface area contributed by atoms with Crippen LogP contribution in [-0.2, 0) is 0 Å². The molecule has 4 N–H and O–H groups in total. The van der Waals surface area contributed by atoms with Gasteiger partial charge in [0.2, 0.25) is 8.96 Å². The number of nitrogens with two attached hydrogens (primary N) is 2. The molecule has 0 spiro atoms. The van der Waals surface area contributed by atoms with Crippen LogP contribution in [-0.4, -0.2) is 24.4 Å². The maximum atomic E-state index is 3.88. The lowest BCUT2D eigenvalue weighted by Gasteiger charge is -2.15. The molecule has 0 fully saturated rings. The van der Waals surface area contributed by atoms with Gasteiger partial charge in [-0.2, -0.15) is 0 Å². The predicted molar refractivity (Wildman–Crippen MR) is 50.5 cm³/mol. The monoisotopic (exact) mass is 176 g/mol. The van der Waals surface area contributed by atoms with Crippen LogP contribution in [0.25, 0.3) is 0 Å². The van der Waals surface area contributed by atoms with Gasteiger partial charge in [-0.15, -0.1) is 0 Å². The standard InChI is InChI=1S/C6H19N2Si2/c1-6-10(5,7-2)8-9(3)4/h6-7,9H,1,8H2,2-5H3/q+1/p+1. The first-order chi connectivity index (χ1) is 4.54. The van der Waals surface area contributed by atoms with Crippen molar-refractivity contribution in [3.05, 3.63) is 12.3 Å². The Labute approximate surface area is 66.6 Å². The zero-order valence-corrected chi connectivity index (χ0v) is 9.67. The second kappa shape index (κ2) is 4.07. The quantitative estimate of drug-likeness (QED) is 0.490. The average molecular weight is 176 g/mol. The Morgan fingerprint density at radius 1 is 1.50 bits per heavy atom. The van der Waals surface area contributed by atoms with Crippen LogP contribution in [0, 0.1) is 0 Å². The molecular formula is C6H20N2Si2+2. The fourth-order valence-electron chi connectivity index (χ4n) is 1.00. The zero-order valence-electron chi connectivity index (χ0n) is 7.52. The van der Waals surface area contributed by atoms with Crippen molar-refractivity contribution in [1.82, 2.24) is 0 Å². The zero-order chi connectivity index (χ0) is 8.20. The molecule has 0 rings (SSSR count). The van der Waals surface area contributed by atoms with Gasteiger partial charge in [0, 0.05) is 12.2 Å². The van der Waals surface area contributed by atoms with Crippen LogP contribution >= 0.6 is 0 Å². The van der Waals surface area contributed by atoms with Crippen molar-refractivity contribution in [2.24, 2.45) is 0 Å². The van der Waals surface area contributed by atoms with Gasteiger partial charge >= 0.3 is 8.40 Å². The molecule has 1 unspecified atom stereocenters. The fraction of sp³-hybridized carbons (Fsp3) is 0.667. The van der Waals surface area contributed by atoms with Crippen molar-refractivity contribution in [3.8, 4) is 0 Å². The first kappa shape index (κ1) is 10.1. The lowest BCUT2D eigenvalue weighted by atomic mass is 11.3. The van der Waals surface area contributed by atoms with Crippen molar-refractivity contribution in [2.75, 3.05) is 7.05 Å². The van der Waals surface area contributed by atoms with Crippen molar-refractivity contribution in [3.63, 3.8) is 0 Å². The third kappa shape index (κ3) is 3.31. The molecule has 0 aromatic carbocycles. The molecule has 2 nitrogen and oxygen atoms in total. The summed E-state index contributed by atoms with van der Waals surface area (Å²) < 4.78 is 2.57. The summed E-state index contributed by atoms with van der Waals surface area (Å²) in [5.41, 5.74) is 2.15. The molecule has 0 radical (unpaired) electrons. The highest BCUT2D eigenvalue weighted by Gasteiger charge is 2.36. The summed E-state index contributed by atoms with van der Waals surface area (Å²) in [5.74, 6) is 0. The Hall–Kier alpha value is 0.0938. The van der Waals surface area contributed by atoms with Gasteiger partial charge in [-0.3, -0.25) is 0 Å². The van der Waals surface area contributed by atoms with Crippen LogP contribution in [0.15, 0.2) is 12.3 Å². The predicted octanol–water partition coefficient (Wildman–Crippen LogP) is -1.48. The molecule has 1 atom stereocenters. The van der Waals surface area contributed by atoms with Gasteiger partial charge in [0.25, 0.3) is 0 Å². The van der Waals surface area contributed by atoms with Gasteiger partial charge in [-0.05, 0) is 13.1 Å². The van der Waals surface area contributed by atoms with Gasteiger partial charge < -0.3 is 9.63 Å². The Morgan fingerprint density at radius 3 is 2.10 bits per heavy atom.